The number of ether oxygens (including phenoxy) is 2. The Labute approximate surface area is 190 Å². The number of aliphatic hydroxyl groups is 1. The fraction of sp³-hybridized carbons (Fsp3) is 0.261. The molecule has 3 rings (SSSR count). The standard InChI is InChI=1S/C23H25N3O5S/c24-22(28)30-19(11-16-7-3-1-4-8-16)18(27)13-26-23(29)31-20(21-14-25-15-32-21)12-17-9-5-2-6-10-17/h1-10,14-15,18-20,27H,11-13H2,(H2,24,28)(H,26,29)/t18-,19-,20-/m0/s1. The fourth-order valence-corrected chi connectivity index (χ4v) is 3.80. The van der Waals surface area contributed by atoms with E-state index in [2.05, 4.69) is 10.3 Å². The lowest BCUT2D eigenvalue weighted by atomic mass is 10.0. The molecular weight excluding hydrogens is 430 g/mol. The summed E-state index contributed by atoms with van der Waals surface area (Å²) in [4.78, 5) is 28.6. The van der Waals surface area contributed by atoms with Crippen LogP contribution in [0.2, 0.25) is 0 Å². The highest BCUT2D eigenvalue weighted by Crippen LogP contribution is 2.25. The summed E-state index contributed by atoms with van der Waals surface area (Å²) in [6, 6.07) is 18.9. The number of hydrogen-bond donors (Lipinski definition) is 3. The Morgan fingerprint density at radius 3 is 2.19 bits per heavy atom. The molecule has 0 saturated carbocycles. The van der Waals surface area contributed by atoms with Crippen LogP contribution < -0.4 is 11.1 Å². The average Bonchev–Trinajstić information content (AvgIpc) is 3.33. The molecule has 2 aromatic carbocycles. The van der Waals surface area contributed by atoms with Crippen molar-refractivity contribution in [3.63, 3.8) is 0 Å². The molecule has 3 aromatic rings. The summed E-state index contributed by atoms with van der Waals surface area (Å²) < 4.78 is 10.7. The molecule has 2 amide bonds. The molecule has 0 radical (unpaired) electrons. The van der Waals surface area contributed by atoms with Gasteiger partial charge in [0.1, 0.15) is 18.3 Å². The highest BCUT2D eigenvalue weighted by atomic mass is 32.1. The second-order valence-corrected chi connectivity index (χ2v) is 8.02. The monoisotopic (exact) mass is 455 g/mol. The van der Waals surface area contributed by atoms with Gasteiger partial charge < -0.3 is 25.6 Å². The van der Waals surface area contributed by atoms with Crippen molar-refractivity contribution in [2.24, 2.45) is 5.73 Å². The number of carbonyl (C=O) groups is 2. The zero-order valence-corrected chi connectivity index (χ0v) is 18.1. The third kappa shape index (κ3) is 7.36. The maximum Gasteiger partial charge on any atom is 0.407 e. The lowest BCUT2D eigenvalue weighted by Gasteiger charge is -2.23. The number of nitrogens with two attached hydrogens (primary N) is 1. The second-order valence-electron chi connectivity index (χ2n) is 7.10. The molecule has 0 fully saturated rings. The van der Waals surface area contributed by atoms with Crippen molar-refractivity contribution in [2.75, 3.05) is 6.54 Å². The van der Waals surface area contributed by atoms with Crippen LogP contribution in [0.5, 0.6) is 0 Å². The van der Waals surface area contributed by atoms with Gasteiger partial charge in [0.2, 0.25) is 0 Å². The molecule has 0 saturated heterocycles. The van der Waals surface area contributed by atoms with E-state index in [1.807, 2.05) is 60.7 Å². The minimum absolute atomic E-state index is 0.176. The van der Waals surface area contributed by atoms with Gasteiger partial charge in [0.25, 0.3) is 0 Å². The first-order valence-corrected chi connectivity index (χ1v) is 10.9. The van der Waals surface area contributed by atoms with Crippen LogP contribution in [0.4, 0.5) is 9.59 Å². The number of hydrogen-bond acceptors (Lipinski definition) is 7. The number of thiazole rings is 1. The van der Waals surface area contributed by atoms with E-state index in [4.69, 9.17) is 15.2 Å². The molecule has 0 aliphatic carbocycles. The van der Waals surface area contributed by atoms with E-state index in [0.717, 1.165) is 16.0 Å². The minimum Gasteiger partial charge on any atom is -0.443 e. The van der Waals surface area contributed by atoms with Gasteiger partial charge in [-0.15, -0.1) is 11.3 Å². The molecule has 1 heterocycles. The topological polar surface area (TPSA) is 124 Å². The summed E-state index contributed by atoms with van der Waals surface area (Å²) >= 11 is 1.39. The van der Waals surface area contributed by atoms with E-state index >= 15 is 0 Å². The van der Waals surface area contributed by atoms with Gasteiger partial charge in [-0.3, -0.25) is 4.98 Å². The van der Waals surface area contributed by atoms with Crippen molar-refractivity contribution >= 4 is 23.5 Å². The van der Waals surface area contributed by atoms with Gasteiger partial charge in [-0.2, -0.15) is 0 Å². The highest BCUT2D eigenvalue weighted by molar-refractivity contribution is 7.09. The average molecular weight is 456 g/mol. The molecule has 4 N–H and O–H groups in total. The fourth-order valence-electron chi connectivity index (χ4n) is 3.16. The SMILES string of the molecule is NC(=O)O[C@@H](Cc1ccccc1)[C@@H](O)CNC(=O)O[C@@H](Cc1ccccc1)c1cncs1. The molecule has 0 bridgehead atoms. The third-order valence-electron chi connectivity index (χ3n) is 4.71. The van der Waals surface area contributed by atoms with Crippen molar-refractivity contribution in [1.82, 2.24) is 10.3 Å². The Hall–Kier alpha value is -3.43. The van der Waals surface area contributed by atoms with E-state index in [1.165, 1.54) is 11.3 Å². The number of rotatable bonds is 10. The number of aromatic nitrogens is 1. The van der Waals surface area contributed by atoms with Crippen molar-refractivity contribution in [1.29, 1.82) is 0 Å². The highest BCUT2D eigenvalue weighted by Gasteiger charge is 2.25. The van der Waals surface area contributed by atoms with Gasteiger partial charge in [-0.25, -0.2) is 9.59 Å². The third-order valence-corrected chi connectivity index (χ3v) is 5.58. The van der Waals surface area contributed by atoms with Crippen molar-refractivity contribution in [3.05, 3.63) is 88.4 Å². The van der Waals surface area contributed by atoms with Gasteiger partial charge in [0.15, 0.2) is 0 Å². The molecular formula is C23H25N3O5S. The molecule has 9 heteroatoms. The number of aliphatic hydroxyl groups excluding tert-OH is 1. The van der Waals surface area contributed by atoms with Crippen LogP contribution in [-0.4, -0.2) is 41.0 Å². The summed E-state index contributed by atoms with van der Waals surface area (Å²) in [5.41, 5.74) is 8.69. The number of alkyl carbamates (subject to hydrolysis) is 1. The zero-order chi connectivity index (χ0) is 22.8. The zero-order valence-electron chi connectivity index (χ0n) is 17.3. The number of carbonyl (C=O) groups excluding carboxylic acids is 2. The van der Waals surface area contributed by atoms with Crippen molar-refractivity contribution in [2.45, 2.75) is 31.2 Å². The van der Waals surface area contributed by atoms with Gasteiger partial charge in [-0.1, -0.05) is 60.7 Å². The molecule has 8 nitrogen and oxygen atoms in total. The Bertz CT molecular complexity index is 970. The smallest absolute Gasteiger partial charge is 0.407 e. The first-order valence-electron chi connectivity index (χ1n) is 10.1. The summed E-state index contributed by atoms with van der Waals surface area (Å²) in [5.74, 6) is 0. The Kier molecular flexibility index (Phi) is 8.59. The van der Waals surface area contributed by atoms with Crippen LogP contribution in [0.1, 0.15) is 22.1 Å². The predicted octanol–water partition coefficient (Wildman–Crippen LogP) is 3.22. The number of benzene rings is 2. The number of primary amides is 1. The molecule has 1 aromatic heterocycles. The van der Waals surface area contributed by atoms with E-state index in [9.17, 15) is 14.7 Å². The first kappa shape index (κ1) is 23.2. The molecule has 0 spiro atoms. The van der Waals surface area contributed by atoms with Gasteiger partial charge in [0.05, 0.1) is 16.9 Å². The lowest BCUT2D eigenvalue weighted by Crippen LogP contribution is -2.43. The first-order chi connectivity index (χ1) is 15.5. The maximum absolute atomic E-state index is 12.5. The van der Waals surface area contributed by atoms with Crippen LogP contribution in [0.3, 0.4) is 0 Å². The van der Waals surface area contributed by atoms with Gasteiger partial charge >= 0.3 is 12.2 Å². The molecule has 0 aliphatic heterocycles. The van der Waals surface area contributed by atoms with E-state index < -0.39 is 30.5 Å². The summed E-state index contributed by atoms with van der Waals surface area (Å²) in [7, 11) is 0. The largest absolute Gasteiger partial charge is 0.443 e. The van der Waals surface area contributed by atoms with E-state index in [0.29, 0.717) is 6.42 Å². The van der Waals surface area contributed by atoms with Crippen LogP contribution in [0.15, 0.2) is 72.4 Å². The minimum atomic E-state index is -1.17. The second kappa shape index (κ2) is 11.8. The lowest BCUT2D eigenvalue weighted by molar-refractivity contribution is 0.00628. The molecule has 0 unspecified atom stereocenters. The van der Waals surface area contributed by atoms with E-state index in [-0.39, 0.29) is 13.0 Å². The van der Waals surface area contributed by atoms with Crippen molar-refractivity contribution < 1.29 is 24.2 Å². The van der Waals surface area contributed by atoms with E-state index in [1.54, 1.807) is 11.7 Å². The normalized spacial score (nSPS) is 13.5. The predicted molar refractivity (Wildman–Crippen MR) is 120 cm³/mol. The van der Waals surface area contributed by atoms with Crippen LogP contribution in [0, 0.1) is 0 Å². The summed E-state index contributed by atoms with van der Waals surface area (Å²) in [5, 5.41) is 13.1. The molecule has 32 heavy (non-hydrogen) atoms. The van der Waals surface area contributed by atoms with Crippen molar-refractivity contribution in [3.8, 4) is 0 Å². The number of nitrogens with zero attached hydrogens (tertiary/aromatic N) is 1. The van der Waals surface area contributed by atoms with Gasteiger partial charge in [-0.05, 0) is 11.1 Å². The Morgan fingerprint density at radius 1 is 1.00 bits per heavy atom. The molecule has 3 atom stereocenters. The number of amides is 2. The summed E-state index contributed by atoms with van der Waals surface area (Å²) in [6.07, 6.45) is -1.92. The maximum atomic E-state index is 12.5. The molecule has 168 valence electrons. The quantitative estimate of drug-likeness (QED) is 0.431. The summed E-state index contributed by atoms with van der Waals surface area (Å²) in [6.45, 7) is -0.176. The van der Waals surface area contributed by atoms with Crippen LogP contribution >= 0.6 is 11.3 Å². The number of nitrogens with one attached hydrogen (secondary N) is 1. The van der Waals surface area contributed by atoms with Gasteiger partial charge in [0, 0.05) is 19.0 Å². The Morgan fingerprint density at radius 2 is 1.62 bits per heavy atom. The van der Waals surface area contributed by atoms with Crippen LogP contribution in [-0.2, 0) is 22.3 Å². The Balaban J connectivity index is 1.58. The molecule has 0 aliphatic rings. The van der Waals surface area contributed by atoms with Crippen LogP contribution in [0.25, 0.3) is 0 Å².